The van der Waals surface area contributed by atoms with Gasteiger partial charge in [0.15, 0.2) is 0 Å². The van der Waals surface area contributed by atoms with E-state index in [9.17, 15) is 0 Å². The molecule has 0 bridgehead atoms. The zero-order valence-electron chi connectivity index (χ0n) is 36.7. The molecule has 0 spiro atoms. The maximum absolute atomic E-state index is 6.03. The summed E-state index contributed by atoms with van der Waals surface area (Å²) in [6.07, 6.45) is 52.8. The van der Waals surface area contributed by atoms with Gasteiger partial charge in [-0.15, -0.1) is 0 Å². The first-order valence-corrected chi connectivity index (χ1v) is 36.9. The molecule has 0 saturated heterocycles. The SMILES string of the molecule is C1CCC([PH+](C2CCCCC2)C2CCCCC2)CC1.C1CCC([PH+](C2CCCCC2)C2CCCCC2)CC1.COC1CCC(C(=[C]=[Ru]([Cl])[Cl])[Si](C)(C)C)CC1. The topological polar surface area (TPSA) is 9.23 Å². The summed E-state index contributed by atoms with van der Waals surface area (Å²) in [5, 5.41) is 1.48. The second-order valence-electron chi connectivity index (χ2n) is 20.7. The first kappa shape index (κ1) is 47.9. The molecule has 0 aliphatic heterocycles. The van der Waals surface area contributed by atoms with E-state index in [-0.39, 0.29) is 15.8 Å². The molecular formula is C48H90Cl2OP2RuSi+2. The maximum atomic E-state index is 6.03. The van der Waals surface area contributed by atoms with E-state index in [2.05, 4.69) is 23.9 Å². The van der Waals surface area contributed by atoms with Crippen molar-refractivity contribution in [3.8, 4) is 0 Å². The molecule has 0 heterocycles. The van der Waals surface area contributed by atoms with E-state index >= 15 is 0 Å². The molecule has 7 fully saturated rings. The van der Waals surface area contributed by atoms with E-state index in [1.165, 1.54) is 52.0 Å². The third-order valence-electron chi connectivity index (χ3n) is 15.8. The van der Waals surface area contributed by atoms with Crippen molar-refractivity contribution in [3.63, 3.8) is 0 Å². The van der Waals surface area contributed by atoms with Crippen LogP contribution in [-0.2, 0) is 18.3 Å². The standard InChI is InChI=1S/2C18H33P.C12H22OSi.2ClH.Ru/c2*1-4-10-16(11-5-1)19(17-12-6-2-7-13-17)18-14-8-3-9-15-18;1-10(14(3,4)5)11-6-8-12(13-2)9-7-11;;;/h2*16-18H,1-15H2;11-12H,6-9H2,2-5H3;2*1H;/q;;;;;+2. The molecule has 0 atom stereocenters. The quantitative estimate of drug-likeness (QED) is 0.165. The summed E-state index contributed by atoms with van der Waals surface area (Å²) in [4.78, 5) is 0. The zero-order chi connectivity index (χ0) is 38.9. The number of halogens is 2. The van der Waals surface area contributed by atoms with E-state index < -0.39 is 21.6 Å². The van der Waals surface area contributed by atoms with Crippen molar-refractivity contribution in [2.75, 3.05) is 7.11 Å². The molecular weight excluding hydrogens is 855 g/mol. The van der Waals surface area contributed by atoms with Gasteiger partial charge in [-0.05, 0) is 154 Å². The molecule has 7 aliphatic carbocycles. The van der Waals surface area contributed by atoms with Crippen LogP contribution in [0.4, 0.5) is 0 Å². The van der Waals surface area contributed by atoms with Crippen LogP contribution in [0.15, 0.2) is 5.20 Å². The van der Waals surface area contributed by atoms with Crippen LogP contribution in [0.1, 0.15) is 218 Å². The van der Waals surface area contributed by atoms with Crippen LogP contribution in [-0.4, -0.2) is 59.5 Å². The fourth-order valence-corrected chi connectivity index (χ4v) is 30.0. The Labute approximate surface area is 359 Å². The number of rotatable bonds is 9. The molecule has 0 N–H and O–H groups in total. The van der Waals surface area contributed by atoms with Crippen molar-refractivity contribution < 1.29 is 18.3 Å². The minimum absolute atomic E-state index is 0.0465. The molecule has 1 nitrogen and oxygen atoms in total. The predicted molar refractivity (Wildman–Crippen MR) is 254 cm³/mol. The summed E-state index contributed by atoms with van der Waals surface area (Å²) in [6, 6.07) is 0. The summed E-state index contributed by atoms with van der Waals surface area (Å²) >= 11 is -1.80. The fraction of sp³-hybridized carbons (Fsp3) is 0.958. The van der Waals surface area contributed by atoms with Gasteiger partial charge in [-0.1, -0.05) is 38.5 Å². The summed E-state index contributed by atoms with van der Waals surface area (Å²) in [6.45, 7) is 7.09. The van der Waals surface area contributed by atoms with Crippen LogP contribution in [0.5, 0.6) is 0 Å². The Kier molecular flexibility index (Phi) is 23.0. The summed E-state index contributed by atoms with van der Waals surface area (Å²) in [5.41, 5.74) is 7.36. The molecule has 0 unspecified atom stereocenters. The van der Waals surface area contributed by atoms with Gasteiger partial charge >= 0.3 is 120 Å². The Morgan fingerprint density at radius 3 is 0.891 bits per heavy atom. The zero-order valence-corrected chi connectivity index (χ0v) is 42.9. The molecule has 0 radical (unpaired) electrons. The first-order chi connectivity index (χ1) is 26.7. The Balaban J connectivity index is 0.000000159. The normalized spacial score (nSPS) is 28.1. The van der Waals surface area contributed by atoms with E-state index in [0.717, 1.165) is 12.8 Å². The Bertz CT molecular complexity index is 954. The van der Waals surface area contributed by atoms with Crippen LogP contribution in [0.25, 0.3) is 0 Å². The van der Waals surface area contributed by atoms with Crippen molar-refractivity contribution >= 4 is 47.6 Å². The van der Waals surface area contributed by atoms with Crippen molar-refractivity contribution in [1.82, 2.24) is 0 Å². The molecule has 0 aromatic heterocycles. The number of ether oxygens (including phenoxy) is 1. The Morgan fingerprint density at radius 2 is 0.691 bits per heavy atom. The average molecular weight is 945 g/mol. The molecule has 0 aromatic rings. The monoisotopic (exact) mass is 944 g/mol. The van der Waals surface area contributed by atoms with Gasteiger partial charge in [-0.25, -0.2) is 0 Å². The fourth-order valence-electron chi connectivity index (χ4n) is 13.1. The van der Waals surface area contributed by atoms with Gasteiger partial charge < -0.3 is 0 Å². The molecule has 55 heavy (non-hydrogen) atoms. The average Bonchev–Trinajstić information content (AvgIpc) is 3.23. The Morgan fingerprint density at radius 1 is 0.436 bits per heavy atom. The molecule has 0 aromatic carbocycles. The second kappa shape index (κ2) is 26.4. The van der Waals surface area contributed by atoms with Crippen LogP contribution in [0, 0.1) is 5.92 Å². The molecule has 7 saturated carbocycles. The number of allylic oxidation sites excluding steroid dienone is 1. The van der Waals surface area contributed by atoms with Gasteiger partial charge in [0.05, 0.1) is 34.0 Å². The van der Waals surface area contributed by atoms with Crippen molar-refractivity contribution in [3.05, 3.63) is 5.20 Å². The van der Waals surface area contributed by atoms with Crippen LogP contribution in [0.3, 0.4) is 0 Å². The van der Waals surface area contributed by atoms with E-state index in [1.54, 1.807) is 193 Å². The number of hydrogen-bond acceptors (Lipinski definition) is 1. The number of methoxy groups -OCH3 is 1. The second-order valence-corrected chi connectivity index (χ2v) is 37.9. The van der Waals surface area contributed by atoms with E-state index in [1.807, 2.05) is 7.11 Å². The van der Waals surface area contributed by atoms with Gasteiger partial charge in [-0.3, -0.25) is 0 Å². The van der Waals surface area contributed by atoms with Gasteiger partial charge in [0.25, 0.3) is 0 Å². The van der Waals surface area contributed by atoms with Gasteiger partial charge in [0.2, 0.25) is 0 Å². The molecule has 322 valence electrons. The molecule has 7 heteroatoms. The van der Waals surface area contributed by atoms with Gasteiger partial charge in [0, 0.05) is 15.8 Å². The van der Waals surface area contributed by atoms with Gasteiger partial charge in [-0.2, -0.15) is 0 Å². The molecule has 0 amide bonds. The third-order valence-corrected chi connectivity index (χ3v) is 29.1. The molecule has 7 rings (SSSR count). The van der Waals surface area contributed by atoms with Crippen LogP contribution < -0.4 is 0 Å². The predicted octanol–water partition coefficient (Wildman–Crippen LogP) is 16.7. The van der Waals surface area contributed by atoms with Gasteiger partial charge in [0.1, 0.15) is 0 Å². The Hall–Kier alpha value is 1.89. The van der Waals surface area contributed by atoms with E-state index in [0.29, 0.717) is 12.0 Å². The summed E-state index contributed by atoms with van der Waals surface area (Å²) < 4.78 is 8.86. The van der Waals surface area contributed by atoms with Crippen LogP contribution >= 0.6 is 35.2 Å². The third kappa shape index (κ3) is 16.3. The molecule has 7 aliphatic rings. The van der Waals surface area contributed by atoms with E-state index in [4.69, 9.17) is 24.1 Å². The summed E-state index contributed by atoms with van der Waals surface area (Å²) in [5.74, 6) is 0.654. The minimum atomic E-state index is -1.80. The first-order valence-electron chi connectivity index (χ1n) is 24.6. The summed E-state index contributed by atoms with van der Waals surface area (Å²) in [7, 11) is 12.4. The number of hydrogen-bond donors (Lipinski definition) is 0. The van der Waals surface area contributed by atoms with Crippen molar-refractivity contribution in [2.24, 2.45) is 5.92 Å². The van der Waals surface area contributed by atoms with Crippen molar-refractivity contribution in [1.29, 1.82) is 0 Å². The van der Waals surface area contributed by atoms with Crippen LogP contribution in [0.2, 0.25) is 19.6 Å². The van der Waals surface area contributed by atoms with Crippen molar-refractivity contribution in [2.45, 2.75) is 278 Å².